The number of hydrogen-bond acceptors (Lipinski definition) is 6. The first-order valence-corrected chi connectivity index (χ1v) is 6.39. The topological polar surface area (TPSA) is 81.0 Å². The molecule has 0 radical (unpaired) electrons. The Hall–Kier alpha value is -2.02. The molecule has 0 saturated carbocycles. The lowest BCUT2D eigenvalue weighted by Gasteiger charge is -2.04. The molecular weight excluding hydrogens is 252 g/mol. The van der Waals surface area contributed by atoms with Gasteiger partial charge in [0.25, 0.3) is 0 Å². The van der Waals surface area contributed by atoms with E-state index in [-0.39, 0.29) is 5.69 Å². The standard InChI is InChI=1S/C11H12N4O2S/c1-2-5-12-11-13-7-8(15(16)17)10(14-11)9-4-3-6-18-9/h3-4,6-7H,2,5H2,1H3,(H,12,13,14). The number of nitrogens with zero attached hydrogens (tertiary/aromatic N) is 3. The number of anilines is 1. The fraction of sp³-hybridized carbons (Fsp3) is 0.273. The molecule has 1 N–H and O–H groups in total. The number of thiophene rings is 1. The molecule has 0 fully saturated rings. The summed E-state index contributed by atoms with van der Waals surface area (Å²) in [6.45, 7) is 2.76. The molecule has 0 aliphatic heterocycles. The Kier molecular flexibility index (Phi) is 3.83. The predicted octanol–water partition coefficient (Wildman–Crippen LogP) is 2.94. The van der Waals surface area contributed by atoms with E-state index in [1.165, 1.54) is 17.5 Å². The summed E-state index contributed by atoms with van der Waals surface area (Å²) in [5.41, 5.74) is 0.295. The highest BCUT2D eigenvalue weighted by atomic mass is 32.1. The Labute approximate surface area is 108 Å². The Morgan fingerprint density at radius 2 is 2.39 bits per heavy atom. The molecule has 2 rings (SSSR count). The maximum atomic E-state index is 11.0. The molecule has 0 amide bonds. The van der Waals surface area contributed by atoms with Crippen LogP contribution in [-0.4, -0.2) is 21.4 Å². The average molecular weight is 264 g/mol. The van der Waals surface area contributed by atoms with Gasteiger partial charge < -0.3 is 5.32 Å². The van der Waals surface area contributed by atoms with Crippen LogP contribution in [0.15, 0.2) is 23.7 Å². The molecular formula is C11H12N4O2S. The lowest BCUT2D eigenvalue weighted by molar-refractivity contribution is -0.384. The van der Waals surface area contributed by atoms with Crippen molar-refractivity contribution < 1.29 is 4.92 Å². The molecule has 0 aliphatic carbocycles. The smallest absolute Gasteiger partial charge is 0.314 e. The molecule has 2 heterocycles. The van der Waals surface area contributed by atoms with Crippen molar-refractivity contribution in [3.63, 3.8) is 0 Å². The number of nitrogens with one attached hydrogen (secondary N) is 1. The van der Waals surface area contributed by atoms with Gasteiger partial charge in [-0.15, -0.1) is 11.3 Å². The molecule has 6 nitrogen and oxygen atoms in total. The first-order chi connectivity index (χ1) is 8.72. The van der Waals surface area contributed by atoms with E-state index in [2.05, 4.69) is 15.3 Å². The van der Waals surface area contributed by atoms with Crippen LogP contribution in [0.3, 0.4) is 0 Å². The largest absolute Gasteiger partial charge is 0.354 e. The van der Waals surface area contributed by atoms with Gasteiger partial charge in [-0.1, -0.05) is 13.0 Å². The molecule has 7 heteroatoms. The summed E-state index contributed by atoms with van der Waals surface area (Å²) in [6, 6.07) is 3.65. The molecule has 0 saturated heterocycles. The zero-order valence-corrected chi connectivity index (χ0v) is 10.6. The number of nitro groups is 1. The lowest BCUT2D eigenvalue weighted by Crippen LogP contribution is -2.06. The third-order valence-corrected chi connectivity index (χ3v) is 3.13. The summed E-state index contributed by atoms with van der Waals surface area (Å²) in [7, 11) is 0. The van der Waals surface area contributed by atoms with Crippen molar-refractivity contribution in [2.24, 2.45) is 0 Å². The van der Waals surface area contributed by atoms with Crippen molar-refractivity contribution in [3.05, 3.63) is 33.8 Å². The van der Waals surface area contributed by atoms with Crippen LogP contribution in [0.4, 0.5) is 11.6 Å². The van der Waals surface area contributed by atoms with Crippen LogP contribution in [0.1, 0.15) is 13.3 Å². The van der Waals surface area contributed by atoms with Crippen molar-refractivity contribution in [2.45, 2.75) is 13.3 Å². The van der Waals surface area contributed by atoms with Gasteiger partial charge in [0.05, 0.1) is 9.80 Å². The second kappa shape index (κ2) is 5.54. The van der Waals surface area contributed by atoms with Gasteiger partial charge in [-0.2, -0.15) is 0 Å². The maximum absolute atomic E-state index is 11.0. The van der Waals surface area contributed by atoms with E-state index >= 15 is 0 Å². The van der Waals surface area contributed by atoms with Crippen molar-refractivity contribution >= 4 is 23.0 Å². The fourth-order valence-corrected chi connectivity index (χ4v) is 2.15. The van der Waals surface area contributed by atoms with Crippen LogP contribution in [0, 0.1) is 10.1 Å². The van der Waals surface area contributed by atoms with E-state index < -0.39 is 4.92 Å². The number of aromatic nitrogens is 2. The van der Waals surface area contributed by atoms with E-state index in [1.54, 1.807) is 0 Å². The van der Waals surface area contributed by atoms with E-state index in [9.17, 15) is 10.1 Å². The minimum Gasteiger partial charge on any atom is -0.354 e. The Bertz CT molecular complexity index is 542. The molecule has 94 valence electrons. The SMILES string of the molecule is CCCNc1ncc([N+](=O)[O-])c(-c2cccs2)n1. The summed E-state index contributed by atoms with van der Waals surface area (Å²) in [6.07, 6.45) is 2.19. The van der Waals surface area contributed by atoms with Gasteiger partial charge in [-0.25, -0.2) is 9.97 Å². The molecule has 0 aliphatic rings. The summed E-state index contributed by atoms with van der Waals surface area (Å²) in [5, 5.41) is 15.8. The molecule has 2 aromatic rings. The van der Waals surface area contributed by atoms with Gasteiger partial charge in [0, 0.05) is 6.54 Å². The zero-order chi connectivity index (χ0) is 13.0. The van der Waals surface area contributed by atoms with Gasteiger partial charge >= 0.3 is 5.69 Å². The second-order valence-corrected chi connectivity index (χ2v) is 4.54. The van der Waals surface area contributed by atoms with Crippen molar-refractivity contribution in [1.82, 2.24) is 9.97 Å². The Balaban J connectivity index is 2.42. The lowest BCUT2D eigenvalue weighted by atomic mass is 10.3. The van der Waals surface area contributed by atoms with E-state index in [1.807, 2.05) is 24.4 Å². The summed E-state index contributed by atoms with van der Waals surface area (Å²) in [4.78, 5) is 19.4. The molecule has 0 spiro atoms. The van der Waals surface area contributed by atoms with Crippen molar-refractivity contribution in [2.75, 3.05) is 11.9 Å². The summed E-state index contributed by atoms with van der Waals surface area (Å²) >= 11 is 1.42. The molecule has 0 bridgehead atoms. The first-order valence-electron chi connectivity index (χ1n) is 5.51. The zero-order valence-electron chi connectivity index (χ0n) is 9.79. The third kappa shape index (κ3) is 2.62. The fourth-order valence-electron chi connectivity index (χ4n) is 1.43. The van der Waals surface area contributed by atoms with Crippen LogP contribution < -0.4 is 5.32 Å². The molecule has 0 atom stereocenters. The highest BCUT2D eigenvalue weighted by Gasteiger charge is 2.19. The highest BCUT2D eigenvalue weighted by Crippen LogP contribution is 2.31. The van der Waals surface area contributed by atoms with Gasteiger partial charge in [0.15, 0.2) is 5.69 Å². The predicted molar refractivity (Wildman–Crippen MR) is 70.8 cm³/mol. The van der Waals surface area contributed by atoms with E-state index in [0.29, 0.717) is 11.6 Å². The molecule has 18 heavy (non-hydrogen) atoms. The number of rotatable bonds is 5. The molecule has 0 unspecified atom stereocenters. The minimum atomic E-state index is -0.460. The van der Waals surface area contributed by atoms with Crippen molar-refractivity contribution in [1.29, 1.82) is 0 Å². The molecule has 2 aromatic heterocycles. The maximum Gasteiger partial charge on any atom is 0.314 e. The summed E-state index contributed by atoms with van der Waals surface area (Å²) < 4.78 is 0. The second-order valence-electron chi connectivity index (χ2n) is 3.59. The minimum absolute atomic E-state index is 0.0699. The first kappa shape index (κ1) is 12.4. The van der Waals surface area contributed by atoms with Gasteiger partial charge in [0.2, 0.25) is 5.95 Å². The van der Waals surface area contributed by atoms with Crippen molar-refractivity contribution in [3.8, 4) is 10.6 Å². The van der Waals surface area contributed by atoms with Crippen LogP contribution >= 0.6 is 11.3 Å². The quantitative estimate of drug-likeness (QED) is 0.663. The number of hydrogen-bond donors (Lipinski definition) is 1. The monoisotopic (exact) mass is 264 g/mol. The van der Waals surface area contributed by atoms with Gasteiger partial charge in [-0.05, 0) is 17.9 Å². The van der Waals surface area contributed by atoms with Crippen LogP contribution in [0.25, 0.3) is 10.6 Å². The highest BCUT2D eigenvalue weighted by molar-refractivity contribution is 7.13. The van der Waals surface area contributed by atoms with E-state index in [0.717, 1.165) is 17.8 Å². The van der Waals surface area contributed by atoms with Crippen LogP contribution in [0.2, 0.25) is 0 Å². The average Bonchev–Trinajstić information content (AvgIpc) is 2.89. The Morgan fingerprint density at radius 3 is 3.00 bits per heavy atom. The van der Waals surface area contributed by atoms with Gasteiger partial charge in [0.1, 0.15) is 6.20 Å². The van der Waals surface area contributed by atoms with E-state index in [4.69, 9.17) is 0 Å². The summed E-state index contributed by atoms with van der Waals surface area (Å²) in [5.74, 6) is 0.422. The van der Waals surface area contributed by atoms with Crippen LogP contribution in [-0.2, 0) is 0 Å². The van der Waals surface area contributed by atoms with Gasteiger partial charge in [-0.3, -0.25) is 10.1 Å². The normalized spacial score (nSPS) is 10.3. The Morgan fingerprint density at radius 1 is 1.56 bits per heavy atom. The molecule has 0 aromatic carbocycles. The van der Waals surface area contributed by atoms with Crippen LogP contribution in [0.5, 0.6) is 0 Å². The third-order valence-electron chi connectivity index (χ3n) is 2.25.